The lowest BCUT2D eigenvalue weighted by atomic mass is 11.9. The standard InChI is InChI=1S/C3H10ClPSi/c1-5-6(2,3)4/h5H,1-3H3. The van der Waals surface area contributed by atoms with Crippen molar-refractivity contribution in [2.75, 3.05) is 6.66 Å². The number of halogens is 1. The summed E-state index contributed by atoms with van der Waals surface area (Å²) in [6.45, 7) is 6.49. The zero-order valence-corrected chi connectivity index (χ0v) is 7.13. The van der Waals surface area contributed by atoms with E-state index in [1.807, 2.05) is 0 Å². The van der Waals surface area contributed by atoms with Crippen molar-refractivity contribution in [2.24, 2.45) is 0 Å². The van der Waals surface area contributed by atoms with Crippen molar-refractivity contribution in [3.8, 4) is 0 Å². The molecule has 0 aromatic rings. The van der Waals surface area contributed by atoms with Gasteiger partial charge in [-0.3, -0.25) is 0 Å². The molecule has 3 heteroatoms. The van der Waals surface area contributed by atoms with E-state index < -0.39 is 7.05 Å². The van der Waals surface area contributed by atoms with Crippen molar-refractivity contribution < 1.29 is 0 Å². The molecule has 0 N–H and O–H groups in total. The van der Waals surface area contributed by atoms with Crippen molar-refractivity contribution >= 4 is 26.3 Å². The first-order valence-electron chi connectivity index (χ1n) is 1.94. The van der Waals surface area contributed by atoms with Crippen molar-refractivity contribution in [2.45, 2.75) is 13.1 Å². The van der Waals surface area contributed by atoms with E-state index in [0.717, 1.165) is 8.13 Å². The summed E-state index contributed by atoms with van der Waals surface area (Å²) in [5, 5.41) is 0. The second-order valence-corrected chi connectivity index (χ2v) is 14.2. The van der Waals surface area contributed by atoms with Gasteiger partial charge in [-0.25, -0.2) is 0 Å². The fourth-order valence-electron chi connectivity index (χ4n) is 0. The molecule has 0 rings (SSSR count). The number of rotatable bonds is 1. The molecule has 0 bridgehead atoms. The summed E-state index contributed by atoms with van der Waals surface area (Å²) in [4.78, 5) is 0. The zero-order valence-electron chi connectivity index (χ0n) is 4.38. The predicted molar refractivity (Wildman–Crippen MR) is 37.6 cm³/mol. The van der Waals surface area contributed by atoms with Crippen LogP contribution in [0.1, 0.15) is 0 Å². The molecule has 0 nitrogen and oxygen atoms in total. The van der Waals surface area contributed by atoms with Gasteiger partial charge in [0.15, 0.2) is 7.05 Å². The van der Waals surface area contributed by atoms with Gasteiger partial charge in [-0.1, -0.05) is 13.1 Å². The third-order valence-corrected chi connectivity index (χ3v) is 7.05. The molecule has 0 spiro atoms. The summed E-state index contributed by atoms with van der Waals surface area (Å²) in [6.07, 6.45) is 0. The fourth-order valence-corrected chi connectivity index (χ4v) is 0. The Bertz CT molecular complexity index is 40.5. The summed E-state index contributed by atoms with van der Waals surface area (Å²) in [5.74, 6) is 0. The molecule has 0 aromatic heterocycles. The number of hydrogen-bond donors (Lipinski definition) is 0. The molecule has 1 unspecified atom stereocenters. The van der Waals surface area contributed by atoms with E-state index in [0.29, 0.717) is 0 Å². The van der Waals surface area contributed by atoms with Gasteiger partial charge in [-0.15, -0.1) is 8.13 Å². The van der Waals surface area contributed by atoms with E-state index in [1.165, 1.54) is 0 Å². The SMILES string of the molecule is CP[Si](C)(C)Cl. The minimum absolute atomic E-state index is 0.971. The Labute approximate surface area is 46.6 Å². The zero-order chi connectivity index (χ0) is 5.21. The molecule has 0 amide bonds. The van der Waals surface area contributed by atoms with Crippen LogP contribution < -0.4 is 0 Å². The largest absolute Gasteiger partial charge is 0.172 e. The normalized spacial score (nSPS) is 14.0. The van der Waals surface area contributed by atoms with Crippen LogP contribution in [-0.2, 0) is 0 Å². The molecule has 0 saturated carbocycles. The van der Waals surface area contributed by atoms with Gasteiger partial charge in [-0.2, -0.15) is 11.1 Å². The van der Waals surface area contributed by atoms with Gasteiger partial charge in [0.1, 0.15) is 0 Å². The van der Waals surface area contributed by atoms with Gasteiger partial charge in [0.25, 0.3) is 0 Å². The maximum absolute atomic E-state index is 5.87. The monoisotopic (exact) mass is 140 g/mol. The molecular formula is C3H10ClPSi. The molecule has 0 saturated heterocycles. The van der Waals surface area contributed by atoms with Gasteiger partial charge >= 0.3 is 0 Å². The molecule has 0 aliphatic rings. The highest BCUT2D eigenvalue weighted by Gasteiger charge is 2.11. The molecule has 6 heavy (non-hydrogen) atoms. The Morgan fingerprint density at radius 3 is 1.67 bits per heavy atom. The van der Waals surface area contributed by atoms with Crippen LogP contribution in [0.15, 0.2) is 0 Å². The van der Waals surface area contributed by atoms with E-state index in [9.17, 15) is 0 Å². The highest BCUT2D eigenvalue weighted by atomic mass is 35.6. The first-order chi connectivity index (χ1) is 2.56. The van der Waals surface area contributed by atoms with E-state index in [2.05, 4.69) is 19.8 Å². The topological polar surface area (TPSA) is 0 Å². The highest BCUT2D eigenvalue weighted by molar-refractivity contribution is 7.90. The van der Waals surface area contributed by atoms with Crippen molar-refractivity contribution in [3.05, 3.63) is 0 Å². The van der Waals surface area contributed by atoms with Crippen LogP contribution in [-0.4, -0.2) is 13.7 Å². The smallest absolute Gasteiger partial charge is 0.162 e. The summed E-state index contributed by atoms with van der Waals surface area (Å²) in [7, 11) is -0.160. The fraction of sp³-hybridized carbons (Fsp3) is 1.00. The van der Waals surface area contributed by atoms with Crippen LogP contribution in [0.25, 0.3) is 0 Å². The van der Waals surface area contributed by atoms with Crippen LogP contribution in [0.4, 0.5) is 0 Å². The molecule has 0 heterocycles. The second kappa shape index (κ2) is 2.30. The highest BCUT2D eigenvalue weighted by Crippen LogP contribution is 2.26. The maximum Gasteiger partial charge on any atom is 0.172 e. The molecule has 0 aromatic carbocycles. The molecule has 0 radical (unpaired) electrons. The Morgan fingerprint density at radius 2 is 1.67 bits per heavy atom. The van der Waals surface area contributed by atoms with Gasteiger partial charge in [0, 0.05) is 0 Å². The molecule has 0 fully saturated rings. The van der Waals surface area contributed by atoms with Crippen molar-refractivity contribution in [1.82, 2.24) is 0 Å². The van der Waals surface area contributed by atoms with Gasteiger partial charge in [-0.05, 0) is 6.66 Å². The summed E-state index contributed by atoms with van der Waals surface area (Å²) in [5.41, 5.74) is 0. The average Bonchev–Trinajstić information content (AvgIpc) is 1.35. The first-order valence-corrected chi connectivity index (χ1v) is 8.45. The van der Waals surface area contributed by atoms with E-state index in [1.54, 1.807) is 0 Å². The molecule has 1 atom stereocenters. The second-order valence-electron chi connectivity index (χ2n) is 1.72. The molecule has 38 valence electrons. The van der Waals surface area contributed by atoms with Crippen molar-refractivity contribution in [1.29, 1.82) is 0 Å². The Kier molecular flexibility index (Phi) is 2.66. The summed E-state index contributed by atoms with van der Waals surface area (Å²) >= 11 is 5.87. The van der Waals surface area contributed by atoms with Crippen molar-refractivity contribution in [3.63, 3.8) is 0 Å². The van der Waals surface area contributed by atoms with E-state index >= 15 is 0 Å². The minimum atomic E-state index is -1.13. The lowest BCUT2D eigenvalue weighted by molar-refractivity contribution is 2.06. The summed E-state index contributed by atoms with van der Waals surface area (Å²) in [6, 6.07) is 0. The van der Waals surface area contributed by atoms with Crippen LogP contribution in [0, 0.1) is 0 Å². The maximum atomic E-state index is 5.87. The molecule has 0 aliphatic heterocycles. The van der Waals surface area contributed by atoms with Crippen LogP contribution >= 0.6 is 19.2 Å². The summed E-state index contributed by atoms with van der Waals surface area (Å²) < 4.78 is 0. The number of hydrogen-bond acceptors (Lipinski definition) is 0. The Balaban J connectivity index is 3.17. The third-order valence-electron chi connectivity index (χ3n) is 0.594. The molecular weight excluding hydrogens is 131 g/mol. The van der Waals surface area contributed by atoms with Crippen LogP contribution in [0.3, 0.4) is 0 Å². The first kappa shape index (κ1) is 6.94. The Hall–Kier alpha value is 0.937. The third kappa shape index (κ3) is 4.94. The van der Waals surface area contributed by atoms with E-state index in [-0.39, 0.29) is 0 Å². The van der Waals surface area contributed by atoms with Gasteiger partial charge < -0.3 is 0 Å². The lowest BCUT2D eigenvalue weighted by Gasteiger charge is -2.05. The minimum Gasteiger partial charge on any atom is -0.162 e. The van der Waals surface area contributed by atoms with Gasteiger partial charge in [0.05, 0.1) is 0 Å². The molecule has 0 aliphatic carbocycles. The van der Waals surface area contributed by atoms with Crippen LogP contribution in [0.5, 0.6) is 0 Å². The quantitative estimate of drug-likeness (QED) is 0.298. The van der Waals surface area contributed by atoms with E-state index in [4.69, 9.17) is 11.1 Å². The average molecular weight is 141 g/mol. The van der Waals surface area contributed by atoms with Gasteiger partial charge in [0.2, 0.25) is 0 Å². The lowest BCUT2D eigenvalue weighted by Crippen LogP contribution is -2.05. The van der Waals surface area contributed by atoms with Crippen LogP contribution in [0.2, 0.25) is 13.1 Å². The Morgan fingerprint density at radius 1 is 1.50 bits per heavy atom. The predicted octanol–water partition coefficient (Wildman–Crippen LogP) is 2.24.